The second-order valence-corrected chi connectivity index (χ2v) is 9.26. The molecule has 2 aromatic carbocycles. The molecule has 9 heteroatoms. The quantitative estimate of drug-likeness (QED) is 0.262. The Balaban J connectivity index is 1.43. The van der Waals surface area contributed by atoms with E-state index in [1.54, 1.807) is 54.2 Å². The van der Waals surface area contributed by atoms with Gasteiger partial charge in [0.15, 0.2) is 5.78 Å². The first kappa shape index (κ1) is 23.6. The first-order valence-corrected chi connectivity index (χ1v) is 12.3. The first-order chi connectivity index (χ1) is 16.3. The van der Waals surface area contributed by atoms with Crippen molar-refractivity contribution in [2.24, 2.45) is 0 Å². The van der Waals surface area contributed by atoms with E-state index >= 15 is 0 Å². The fourth-order valence-corrected chi connectivity index (χ4v) is 4.54. The molecule has 0 unspecified atom stereocenters. The number of nitrogens with one attached hydrogen (secondary N) is 1. The number of nitrogens with zero attached hydrogens (tertiary/aromatic N) is 1. The molecule has 0 saturated carbocycles. The van der Waals surface area contributed by atoms with Crippen LogP contribution in [0.4, 0.5) is 10.5 Å². The molecule has 0 bridgehead atoms. The lowest BCUT2D eigenvalue weighted by molar-refractivity contribution is -0.127. The van der Waals surface area contributed by atoms with Crippen LogP contribution in [0.5, 0.6) is 0 Å². The largest absolute Gasteiger partial charge is 0.457 e. The van der Waals surface area contributed by atoms with E-state index < -0.39 is 17.1 Å². The number of hydrogen-bond donors (Lipinski definition) is 1. The van der Waals surface area contributed by atoms with E-state index in [0.29, 0.717) is 22.8 Å². The van der Waals surface area contributed by atoms with E-state index in [0.717, 1.165) is 27.1 Å². The standard InChI is InChI=1S/C25H20N2O5S2/c1-15(28)16-6-8-17(9-7-16)21-11-10-19(32-21)13-22-24(30)27(25(31)34-22)14-23(29)26-18-4-3-5-20(12-18)33-2/h3-13H,14H2,1-2H3,(H,26,29)/b22-13+. The lowest BCUT2D eigenvalue weighted by atomic mass is 10.1. The van der Waals surface area contributed by atoms with E-state index in [-0.39, 0.29) is 17.2 Å². The molecule has 0 atom stereocenters. The Kier molecular flexibility index (Phi) is 7.04. The summed E-state index contributed by atoms with van der Waals surface area (Å²) in [5, 5.41) is 2.20. The second-order valence-electron chi connectivity index (χ2n) is 7.38. The molecule has 1 fully saturated rings. The van der Waals surface area contributed by atoms with Gasteiger partial charge < -0.3 is 9.73 Å². The van der Waals surface area contributed by atoms with Crippen molar-refractivity contribution in [1.29, 1.82) is 0 Å². The minimum absolute atomic E-state index is 0.0235. The number of ketones is 1. The fourth-order valence-electron chi connectivity index (χ4n) is 3.27. The monoisotopic (exact) mass is 492 g/mol. The zero-order valence-corrected chi connectivity index (χ0v) is 20.0. The first-order valence-electron chi connectivity index (χ1n) is 10.2. The predicted octanol–water partition coefficient (Wildman–Crippen LogP) is 5.55. The van der Waals surface area contributed by atoms with E-state index in [9.17, 15) is 19.2 Å². The van der Waals surface area contributed by atoms with Gasteiger partial charge in [-0.2, -0.15) is 0 Å². The van der Waals surface area contributed by atoms with Crippen molar-refractivity contribution in [3.8, 4) is 11.3 Å². The summed E-state index contributed by atoms with van der Waals surface area (Å²) < 4.78 is 5.79. The van der Waals surface area contributed by atoms with Gasteiger partial charge in [0.1, 0.15) is 18.1 Å². The molecule has 172 valence electrons. The zero-order chi connectivity index (χ0) is 24.2. The maximum atomic E-state index is 12.7. The van der Waals surface area contributed by atoms with Crippen molar-refractivity contribution < 1.29 is 23.6 Å². The number of anilines is 1. The van der Waals surface area contributed by atoms with E-state index in [4.69, 9.17) is 4.42 Å². The molecule has 1 N–H and O–H groups in total. The topological polar surface area (TPSA) is 96.7 Å². The third kappa shape index (κ3) is 5.32. The molecule has 7 nitrogen and oxygen atoms in total. The normalized spacial score (nSPS) is 14.6. The number of carbonyl (C=O) groups excluding carboxylic acids is 4. The molecule has 3 amide bonds. The Morgan fingerprint density at radius 1 is 1.09 bits per heavy atom. The number of hydrogen-bond acceptors (Lipinski definition) is 7. The number of amides is 3. The molecular formula is C25H20N2O5S2. The van der Waals surface area contributed by atoms with Crippen LogP contribution >= 0.6 is 23.5 Å². The van der Waals surface area contributed by atoms with Gasteiger partial charge in [-0.3, -0.25) is 24.1 Å². The highest BCUT2D eigenvalue weighted by molar-refractivity contribution is 8.18. The highest BCUT2D eigenvalue weighted by atomic mass is 32.2. The van der Waals surface area contributed by atoms with Gasteiger partial charge in [0.25, 0.3) is 11.1 Å². The third-order valence-corrected chi connectivity index (χ3v) is 6.64. The van der Waals surface area contributed by atoms with Gasteiger partial charge in [0.2, 0.25) is 5.91 Å². The molecular weight excluding hydrogens is 472 g/mol. The van der Waals surface area contributed by atoms with Crippen LogP contribution in [0.25, 0.3) is 17.4 Å². The Morgan fingerprint density at radius 3 is 2.56 bits per heavy atom. The Morgan fingerprint density at radius 2 is 1.85 bits per heavy atom. The van der Waals surface area contributed by atoms with Crippen LogP contribution in [0, 0.1) is 0 Å². The average Bonchev–Trinajstić information content (AvgIpc) is 3.39. The minimum atomic E-state index is -0.549. The molecule has 34 heavy (non-hydrogen) atoms. The van der Waals surface area contributed by atoms with Crippen LogP contribution in [0.2, 0.25) is 0 Å². The molecule has 1 aliphatic rings. The summed E-state index contributed by atoms with van der Waals surface area (Å²) in [5.41, 5.74) is 1.98. The van der Waals surface area contributed by atoms with Crippen LogP contribution in [0.3, 0.4) is 0 Å². The van der Waals surface area contributed by atoms with Gasteiger partial charge in [0, 0.05) is 27.8 Å². The van der Waals surface area contributed by atoms with Crippen molar-refractivity contribution in [2.45, 2.75) is 11.8 Å². The Bertz CT molecular complexity index is 1310. The smallest absolute Gasteiger partial charge is 0.294 e. The number of thioether (sulfide) groups is 2. The van der Waals surface area contributed by atoms with Crippen LogP contribution < -0.4 is 5.32 Å². The molecule has 0 spiro atoms. The summed E-state index contributed by atoms with van der Waals surface area (Å²) in [6.45, 7) is 1.12. The molecule has 2 heterocycles. The van der Waals surface area contributed by atoms with Gasteiger partial charge in [-0.05, 0) is 55.3 Å². The maximum absolute atomic E-state index is 12.7. The molecule has 1 aliphatic heterocycles. The number of benzene rings is 2. The second kappa shape index (κ2) is 10.1. The van der Waals surface area contributed by atoms with Crippen molar-refractivity contribution in [3.05, 3.63) is 76.9 Å². The van der Waals surface area contributed by atoms with Crippen molar-refractivity contribution in [3.63, 3.8) is 0 Å². The summed E-state index contributed by atoms with van der Waals surface area (Å²) in [7, 11) is 0. The van der Waals surface area contributed by atoms with Gasteiger partial charge in [-0.25, -0.2) is 0 Å². The van der Waals surface area contributed by atoms with Crippen molar-refractivity contribution in [2.75, 3.05) is 18.1 Å². The van der Waals surface area contributed by atoms with Crippen molar-refractivity contribution >= 4 is 58.1 Å². The molecule has 0 radical (unpaired) electrons. The van der Waals surface area contributed by atoms with E-state index in [2.05, 4.69) is 5.32 Å². The summed E-state index contributed by atoms with van der Waals surface area (Å²) in [6, 6.07) is 17.7. The average molecular weight is 493 g/mol. The molecule has 4 rings (SSSR count). The molecule has 1 saturated heterocycles. The van der Waals surface area contributed by atoms with Gasteiger partial charge in [-0.15, -0.1) is 11.8 Å². The Labute approximate surface area is 204 Å². The van der Waals surface area contributed by atoms with Gasteiger partial charge >= 0.3 is 0 Å². The SMILES string of the molecule is CSc1cccc(NC(=O)CN2C(=O)S/C(=C/c3ccc(-c4ccc(C(C)=O)cc4)o3)C2=O)c1. The summed E-state index contributed by atoms with van der Waals surface area (Å²) in [6.07, 6.45) is 3.41. The highest BCUT2D eigenvalue weighted by Crippen LogP contribution is 2.33. The van der Waals surface area contributed by atoms with E-state index in [1.807, 2.05) is 24.5 Å². The zero-order valence-electron chi connectivity index (χ0n) is 18.4. The number of imide groups is 1. The molecule has 0 aliphatic carbocycles. The fraction of sp³-hybridized carbons (Fsp3) is 0.120. The van der Waals surface area contributed by atoms with Crippen molar-refractivity contribution in [1.82, 2.24) is 4.90 Å². The summed E-state index contributed by atoms with van der Waals surface area (Å²) in [4.78, 5) is 51.0. The number of furan rings is 1. The van der Waals surface area contributed by atoms with Gasteiger partial charge in [0.05, 0.1) is 4.91 Å². The minimum Gasteiger partial charge on any atom is -0.457 e. The molecule has 3 aromatic rings. The number of carbonyl (C=O) groups is 4. The van der Waals surface area contributed by atoms with E-state index in [1.165, 1.54) is 13.0 Å². The lowest BCUT2D eigenvalue weighted by Crippen LogP contribution is -2.36. The maximum Gasteiger partial charge on any atom is 0.294 e. The predicted molar refractivity (Wildman–Crippen MR) is 134 cm³/mol. The Hall–Kier alpha value is -3.56. The van der Waals surface area contributed by atoms with Crippen LogP contribution in [-0.4, -0.2) is 40.5 Å². The van der Waals surface area contributed by atoms with Crippen LogP contribution in [-0.2, 0) is 9.59 Å². The van der Waals surface area contributed by atoms with Gasteiger partial charge in [-0.1, -0.05) is 30.3 Å². The summed E-state index contributed by atoms with van der Waals surface area (Å²) >= 11 is 2.30. The van der Waals surface area contributed by atoms with Crippen LogP contribution in [0.15, 0.2) is 74.9 Å². The summed E-state index contributed by atoms with van der Waals surface area (Å²) in [5.74, 6) is -0.0747. The highest BCUT2D eigenvalue weighted by Gasteiger charge is 2.36. The number of rotatable bonds is 7. The van der Waals surface area contributed by atoms with Crippen LogP contribution in [0.1, 0.15) is 23.0 Å². The number of Topliss-reactive ketones (excluding diaryl/α,β-unsaturated/α-hetero) is 1. The third-order valence-electron chi connectivity index (χ3n) is 5.00. The lowest BCUT2D eigenvalue weighted by Gasteiger charge is -2.12. The molecule has 1 aromatic heterocycles.